The van der Waals surface area contributed by atoms with Crippen LogP contribution in [0.2, 0.25) is 0 Å². The summed E-state index contributed by atoms with van der Waals surface area (Å²) in [5, 5.41) is 8.66. The third-order valence-electron chi connectivity index (χ3n) is 4.79. The van der Waals surface area contributed by atoms with E-state index in [4.69, 9.17) is 19.3 Å². The minimum absolute atomic E-state index is 0. The molecule has 29 heavy (non-hydrogen) atoms. The predicted molar refractivity (Wildman–Crippen MR) is 125 cm³/mol. The van der Waals surface area contributed by atoms with Gasteiger partial charge in [0.1, 0.15) is 0 Å². The Bertz CT molecular complexity index is 320. The average molecular weight is 424 g/mol. The Morgan fingerprint density at radius 2 is 1.14 bits per heavy atom. The molecule has 0 saturated carbocycles. The second kappa shape index (κ2) is 19.7. The topological polar surface area (TPSA) is 57.6 Å². The number of morpholine rings is 3. The number of aliphatic hydroxyl groups is 1. The Balaban J connectivity index is -0.000000333. The lowest BCUT2D eigenvalue weighted by Gasteiger charge is -2.29. The van der Waals surface area contributed by atoms with Crippen LogP contribution in [0.5, 0.6) is 0 Å². The van der Waals surface area contributed by atoms with Crippen LogP contribution in [0.3, 0.4) is 0 Å². The SMILES string of the molecule is C.C.C.CC1CN(C)CCO1.CCC1CN(C)CCO1.CN1CCOC(CO)C1. The Morgan fingerprint density at radius 1 is 0.724 bits per heavy atom. The monoisotopic (exact) mass is 423 g/mol. The molecule has 0 aromatic rings. The molecule has 0 amide bonds. The van der Waals surface area contributed by atoms with Gasteiger partial charge >= 0.3 is 0 Å². The molecule has 0 aliphatic carbocycles. The van der Waals surface area contributed by atoms with Gasteiger partial charge in [-0.25, -0.2) is 0 Å². The van der Waals surface area contributed by atoms with E-state index in [1.807, 2.05) is 7.05 Å². The van der Waals surface area contributed by atoms with Crippen LogP contribution in [0.1, 0.15) is 42.5 Å². The van der Waals surface area contributed by atoms with E-state index in [1.54, 1.807) is 0 Å². The van der Waals surface area contributed by atoms with Crippen molar-refractivity contribution >= 4 is 0 Å². The minimum atomic E-state index is 0. The first kappa shape index (κ1) is 33.4. The number of hydrogen-bond acceptors (Lipinski definition) is 7. The van der Waals surface area contributed by atoms with Crippen molar-refractivity contribution in [3.8, 4) is 0 Å². The number of ether oxygens (including phenoxy) is 3. The van der Waals surface area contributed by atoms with Crippen LogP contribution in [0.25, 0.3) is 0 Å². The first-order valence-corrected chi connectivity index (χ1v) is 9.95. The zero-order chi connectivity index (χ0) is 19.4. The maximum absolute atomic E-state index is 8.66. The molecule has 1 N–H and O–H groups in total. The van der Waals surface area contributed by atoms with Gasteiger partial charge < -0.3 is 34.0 Å². The molecule has 3 unspecified atom stereocenters. The van der Waals surface area contributed by atoms with Gasteiger partial charge in [-0.15, -0.1) is 0 Å². The highest BCUT2D eigenvalue weighted by atomic mass is 16.5. The third kappa shape index (κ3) is 16.1. The number of hydrogen-bond donors (Lipinski definition) is 1. The van der Waals surface area contributed by atoms with Gasteiger partial charge in [-0.05, 0) is 34.5 Å². The number of likely N-dealkylation sites (N-methyl/N-ethyl adjacent to an activating group) is 3. The van der Waals surface area contributed by atoms with Crippen LogP contribution in [0, 0.1) is 0 Å². The molecule has 3 atom stereocenters. The number of rotatable bonds is 2. The molecule has 3 aliphatic rings. The average Bonchev–Trinajstić information content (AvgIpc) is 2.62. The van der Waals surface area contributed by atoms with Crippen LogP contribution in [0.4, 0.5) is 0 Å². The highest BCUT2D eigenvalue weighted by molar-refractivity contribution is 4.67. The number of aliphatic hydroxyl groups excluding tert-OH is 1. The van der Waals surface area contributed by atoms with Crippen LogP contribution in [0.15, 0.2) is 0 Å². The molecule has 0 aromatic heterocycles. The fraction of sp³-hybridized carbons (Fsp3) is 1.00. The van der Waals surface area contributed by atoms with E-state index >= 15 is 0 Å². The summed E-state index contributed by atoms with van der Waals surface area (Å²) < 4.78 is 16.0. The molecular weight excluding hydrogens is 370 g/mol. The first-order chi connectivity index (χ1) is 12.4. The molecule has 0 aromatic carbocycles. The van der Waals surface area contributed by atoms with E-state index in [9.17, 15) is 0 Å². The molecule has 3 aliphatic heterocycles. The molecule has 0 spiro atoms. The van der Waals surface area contributed by atoms with E-state index in [0.29, 0.717) is 12.2 Å². The molecule has 3 fully saturated rings. The summed E-state index contributed by atoms with van der Waals surface area (Å²) in [7, 11) is 6.30. The Hall–Kier alpha value is -0.280. The number of nitrogens with zero attached hydrogens (tertiary/aromatic N) is 3. The maximum Gasteiger partial charge on any atom is 0.0932 e. The van der Waals surface area contributed by atoms with Crippen molar-refractivity contribution in [2.75, 3.05) is 86.8 Å². The summed E-state index contributed by atoms with van der Waals surface area (Å²) in [5.41, 5.74) is 0. The summed E-state index contributed by atoms with van der Waals surface area (Å²) in [5.74, 6) is 0. The lowest BCUT2D eigenvalue weighted by molar-refractivity contribution is -0.0453. The molecule has 0 radical (unpaired) electrons. The Labute approximate surface area is 182 Å². The van der Waals surface area contributed by atoms with E-state index in [2.05, 4.69) is 42.6 Å². The van der Waals surface area contributed by atoms with Crippen molar-refractivity contribution in [2.24, 2.45) is 0 Å². The molecule has 7 nitrogen and oxygen atoms in total. The Kier molecular flexibility index (Phi) is 22.6. The van der Waals surface area contributed by atoms with Crippen LogP contribution >= 0.6 is 0 Å². The van der Waals surface area contributed by atoms with Gasteiger partial charge in [-0.2, -0.15) is 0 Å². The third-order valence-corrected chi connectivity index (χ3v) is 4.79. The van der Waals surface area contributed by atoms with E-state index in [1.165, 1.54) is 0 Å². The molecule has 3 saturated heterocycles. The standard InChI is InChI=1S/C7H15NO.C6H13NO2.C6H13NO.3CH4/c1-3-7-6-8(2)4-5-9-7;1-7-2-3-9-6(4-7)5-8;1-6-5-7(2)3-4-8-6;;;/h7H,3-6H2,1-2H3;6,8H,2-5H2,1H3;6H,3-5H2,1-2H3;3*1H4. The van der Waals surface area contributed by atoms with Gasteiger partial charge in [0.25, 0.3) is 0 Å². The zero-order valence-corrected chi connectivity index (χ0v) is 17.5. The fourth-order valence-electron chi connectivity index (χ4n) is 3.08. The molecule has 3 heterocycles. The Morgan fingerprint density at radius 3 is 1.41 bits per heavy atom. The van der Waals surface area contributed by atoms with E-state index in [-0.39, 0.29) is 35.0 Å². The normalized spacial score (nSPS) is 28.1. The molecular formula is C22H53N3O4. The van der Waals surface area contributed by atoms with Crippen molar-refractivity contribution in [3.05, 3.63) is 0 Å². The van der Waals surface area contributed by atoms with Gasteiger partial charge in [0.2, 0.25) is 0 Å². The second-order valence-electron chi connectivity index (χ2n) is 7.54. The summed E-state index contributed by atoms with van der Waals surface area (Å²) in [6.07, 6.45) is 2.12. The molecule has 3 rings (SSSR count). The first-order valence-electron chi connectivity index (χ1n) is 9.95. The van der Waals surface area contributed by atoms with Gasteiger partial charge in [-0.3, -0.25) is 0 Å². The van der Waals surface area contributed by atoms with Crippen molar-refractivity contribution < 1.29 is 19.3 Å². The summed E-state index contributed by atoms with van der Waals surface area (Å²) >= 11 is 0. The van der Waals surface area contributed by atoms with Crippen LogP contribution in [-0.4, -0.2) is 125 Å². The smallest absolute Gasteiger partial charge is 0.0932 e. The second-order valence-corrected chi connectivity index (χ2v) is 7.54. The summed E-state index contributed by atoms with van der Waals surface area (Å²) in [6, 6.07) is 0. The van der Waals surface area contributed by atoms with Crippen LogP contribution < -0.4 is 0 Å². The van der Waals surface area contributed by atoms with Crippen LogP contribution in [-0.2, 0) is 14.2 Å². The van der Waals surface area contributed by atoms with Crippen molar-refractivity contribution in [3.63, 3.8) is 0 Å². The van der Waals surface area contributed by atoms with Gasteiger partial charge in [0.15, 0.2) is 0 Å². The quantitative estimate of drug-likeness (QED) is 0.731. The predicted octanol–water partition coefficient (Wildman–Crippen LogP) is 2.28. The molecule has 180 valence electrons. The highest BCUT2D eigenvalue weighted by Crippen LogP contribution is 2.05. The lowest BCUT2D eigenvalue weighted by Crippen LogP contribution is -2.41. The zero-order valence-electron chi connectivity index (χ0n) is 17.5. The summed E-state index contributed by atoms with van der Waals surface area (Å²) in [4.78, 5) is 6.76. The molecule has 0 bridgehead atoms. The lowest BCUT2D eigenvalue weighted by atomic mass is 10.2. The van der Waals surface area contributed by atoms with Crippen molar-refractivity contribution in [2.45, 2.75) is 60.9 Å². The van der Waals surface area contributed by atoms with Gasteiger partial charge in [0.05, 0.1) is 44.7 Å². The van der Waals surface area contributed by atoms with E-state index < -0.39 is 0 Å². The van der Waals surface area contributed by atoms with Gasteiger partial charge in [0, 0.05) is 39.3 Å². The largest absolute Gasteiger partial charge is 0.394 e. The molecule has 7 heteroatoms. The van der Waals surface area contributed by atoms with Crippen molar-refractivity contribution in [1.29, 1.82) is 0 Å². The highest BCUT2D eigenvalue weighted by Gasteiger charge is 2.16. The van der Waals surface area contributed by atoms with E-state index in [0.717, 1.165) is 65.5 Å². The fourth-order valence-corrected chi connectivity index (χ4v) is 3.08. The summed E-state index contributed by atoms with van der Waals surface area (Å²) in [6.45, 7) is 13.2. The van der Waals surface area contributed by atoms with Crippen molar-refractivity contribution in [1.82, 2.24) is 14.7 Å². The minimum Gasteiger partial charge on any atom is -0.394 e. The maximum atomic E-state index is 8.66. The van der Waals surface area contributed by atoms with Gasteiger partial charge in [-0.1, -0.05) is 29.2 Å².